The van der Waals surface area contributed by atoms with Crippen LogP contribution in [0.25, 0.3) is 0 Å². The number of nitrogens with one attached hydrogen (secondary N) is 1. The first-order valence-corrected chi connectivity index (χ1v) is 14.0. The minimum atomic E-state index is -3.65. The summed E-state index contributed by atoms with van der Waals surface area (Å²) in [5, 5.41) is 10.8. The van der Waals surface area contributed by atoms with Gasteiger partial charge in [-0.2, -0.15) is 0 Å². The standard InChI is InChI=1S/C24H21ClF2N2O7S2/c25-22-18(12-20(30)31)28-24(37-22)29-23(32)21(36-19-6-3-14(26)11-17(19)27)13-1-4-15(5-2-13)38(33,34)16-7-9-35-10-8-16/h1-6,11,16,21H,7-10,12H2,(H,30,31)(H,28,29,32). The number of sulfone groups is 1. The molecule has 0 spiro atoms. The molecule has 3 aromatic rings. The summed E-state index contributed by atoms with van der Waals surface area (Å²) in [6.45, 7) is 0.687. The number of aliphatic carboxylic acids is 1. The Kier molecular flexibility index (Phi) is 8.61. The number of carbonyl (C=O) groups excluding carboxylic acids is 1. The van der Waals surface area contributed by atoms with E-state index in [9.17, 15) is 26.8 Å². The lowest BCUT2D eigenvalue weighted by atomic mass is 10.1. The summed E-state index contributed by atoms with van der Waals surface area (Å²) in [6.07, 6.45) is -1.25. The number of carboxylic acid groups (broad SMARTS) is 1. The summed E-state index contributed by atoms with van der Waals surface area (Å²) in [5.41, 5.74) is 0.217. The van der Waals surface area contributed by atoms with E-state index in [2.05, 4.69) is 10.3 Å². The van der Waals surface area contributed by atoms with Crippen LogP contribution in [-0.2, 0) is 30.6 Å². The van der Waals surface area contributed by atoms with Crippen molar-refractivity contribution in [2.45, 2.75) is 35.5 Å². The molecule has 0 saturated carbocycles. The lowest BCUT2D eigenvalue weighted by Crippen LogP contribution is -2.29. The highest BCUT2D eigenvalue weighted by Gasteiger charge is 2.31. The number of anilines is 1. The molecule has 1 fully saturated rings. The maximum absolute atomic E-state index is 14.4. The number of amides is 1. The van der Waals surface area contributed by atoms with E-state index >= 15 is 0 Å². The molecule has 0 bridgehead atoms. The van der Waals surface area contributed by atoms with Crippen LogP contribution in [-0.4, -0.2) is 48.8 Å². The van der Waals surface area contributed by atoms with Gasteiger partial charge in [-0.05, 0) is 37.1 Å². The van der Waals surface area contributed by atoms with Crippen molar-refractivity contribution in [2.24, 2.45) is 0 Å². The van der Waals surface area contributed by atoms with Crippen LogP contribution in [0.4, 0.5) is 13.9 Å². The van der Waals surface area contributed by atoms with Gasteiger partial charge in [0.1, 0.15) is 10.2 Å². The SMILES string of the molecule is O=C(O)Cc1nc(NC(=O)C(Oc2ccc(F)cc2F)c2ccc(S(=O)(=O)C3CCOCC3)cc2)sc1Cl. The van der Waals surface area contributed by atoms with Crippen LogP contribution in [0.1, 0.15) is 30.2 Å². The van der Waals surface area contributed by atoms with Crippen LogP contribution in [0.3, 0.4) is 0 Å². The van der Waals surface area contributed by atoms with Gasteiger partial charge >= 0.3 is 5.97 Å². The van der Waals surface area contributed by atoms with E-state index in [1.165, 1.54) is 24.3 Å². The Morgan fingerprint density at radius 2 is 1.87 bits per heavy atom. The molecule has 1 saturated heterocycles. The molecule has 0 radical (unpaired) electrons. The van der Waals surface area contributed by atoms with Crippen molar-refractivity contribution in [2.75, 3.05) is 18.5 Å². The summed E-state index contributed by atoms with van der Waals surface area (Å²) in [7, 11) is -3.65. The molecule has 1 aromatic heterocycles. The van der Waals surface area contributed by atoms with Gasteiger partial charge in [0, 0.05) is 24.8 Å². The lowest BCUT2D eigenvalue weighted by Gasteiger charge is -2.23. The van der Waals surface area contributed by atoms with Crippen molar-refractivity contribution in [3.05, 3.63) is 69.7 Å². The Labute approximate surface area is 225 Å². The number of halogens is 3. The summed E-state index contributed by atoms with van der Waals surface area (Å²) < 4.78 is 64.7. The summed E-state index contributed by atoms with van der Waals surface area (Å²) >= 11 is 6.84. The molecule has 1 aliphatic heterocycles. The van der Waals surface area contributed by atoms with Crippen molar-refractivity contribution < 1.29 is 41.4 Å². The summed E-state index contributed by atoms with van der Waals surface area (Å²) in [6, 6.07) is 7.94. The van der Waals surface area contributed by atoms with E-state index in [1.54, 1.807) is 0 Å². The number of carboxylic acids is 1. The Bertz CT molecular complexity index is 1440. The van der Waals surface area contributed by atoms with Gasteiger partial charge < -0.3 is 14.6 Å². The average Bonchev–Trinajstić information content (AvgIpc) is 3.21. The minimum Gasteiger partial charge on any atom is -0.481 e. The van der Waals surface area contributed by atoms with Crippen LogP contribution in [0.5, 0.6) is 5.75 Å². The van der Waals surface area contributed by atoms with Gasteiger partial charge in [-0.25, -0.2) is 22.2 Å². The second-order valence-corrected chi connectivity index (χ2v) is 12.1. The van der Waals surface area contributed by atoms with Gasteiger partial charge in [0.15, 0.2) is 26.5 Å². The molecular weight excluding hydrogens is 566 g/mol. The van der Waals surface area contributed by atoms with Crippen molar-refractivity contribution >= 4 is 49.8 Å². The zero-order valence-corrected chi connectivity index (χ0v) is 21.9. The number of ether oxygens (including phenoxy) is 2. The first-order chi connectivity index (χ1) is 18.0. The molecule has 38 heavy (non-hydrogen) atoms. The van der Waals surface area contributed by atoms with Gasteiger partial charge in [-0.3, -0.25) is 14.9 Å². The Hall–Kier alpha value is -3.13. The monoisotopic (exact) mass is 586 g/mol. The third-order valence-corrected chi connectivity index (χ3v) is 9.22. The normalized spacial score (nSPS) is 15.1. The van der Waals surface area contributed by atoms with Crippen molar-refractivity contribution in [1.82, 2.24) is 4.98 Å². The van der Waals surface area contributed by atoms with E-state index in [1.807, 2.05) is 0 Å². The Balaban J connectivity index is 1.62. The van der Waals surface area contributed by atoms with Crippen molar-refractivity contribution in [3.8, 4) is 5.75 Å². The molecule has 1 aliphatic rings. The Morgan fingerprint density at radius 1 is 1.18 bits per heavy atom. The molecule has 1 atom stereocenters. The zero-order chi connectivity index (χ0) is 27.4. The van der Waals surface area contributed by atoms with E-state index in [4.69, 9.17) is 26.2 Å². The lowest BCUT2D eigenvalue weighted by molar-refractivity contribution is -0.136. The minimum absolute atomic E-state index is 0.0249. The van der Waals surface area contributed by atoms with E-state index < -0.39 is 56.9 Å². The fourth-order valence-electron chi connectivity index (χ4n) is 3.79. The first-order valence-electron chi connectivity index (χ1n) is 11.3. The zero-order valence-electron chi connectivity index (χ0n) is 19.5. The predicted molar refractivity (Wildman–Crippen MR) is 134 cm³/mol. The molecule has 4 rings (SSSR count). The number of rotatable bonds is 9. The van der Waals surface area contributed by atoms with Crippen LogP contribution >= 0.6 is 22.9 Å². The van der Waals surface area contributed by atoms with Gasteiger partial charge in [0.2, 0.25) is 6.10 Å². The number of thiazole rings is 1. The quantitative estimate of drug-likeness (QED) is 0.377. The van der Waals surface area contributed by atoms with E-state index in [-0.39, 0.29) is 25.6 Å². The van der Waals surface area contributed by atoms with Crippen LogP contribution < -0.4 is 10.1 Å². The van der Waals surface area contributed by atoms with E-state index in [0.717, 1.165) is 23.5 Å². The van der Waals surface area contributed by atoms with Crippen LogP contribution in [0.2, 0.25) is 4.34 Å². The third kappa shape index (κ3) is 6.46. The highest BCUT2D eigenvalue weighted by Crippen LogP contribution is 2.32. The van der Waals surface area contributed by atoms with Gasteiger partial charge in [0.25, 0.3) is 5.91 Å². The molecular formula is C24H21ClF2N2O7S2. The molecule has 9 nitrogen and oxygen atoms in total. The van der Waals surface area contributed by atoms with Gasteiger partial charge in [0.05, 0.1) is 22.3 Å². The summed E-state index contributed by atoms with van der Waals surface area (Å²) in [4.78, 5) is 28.3. The van der Waals surface area contributed by atoms with Crippen molar-refractivity contribution in [3.63, 3.8) is 0 Å². The molecule has 2 N–H and O–H groups in total. The fraction of sp³-hybridized carbons (Fsp3) is 0.292. The molecule has 1 amide bonds. The maximum Gasteiger partial charge on any atom is 0.309 e. The largest absolute Gasteiger partial charge is 0.481 e. The topological polar surface area (TPSA) is 132 Å². The fourth-order valence-corrected chi connectivity index (χ4v) is 6.55. The Morgan fingerprint density at radius 3 is 2.50 bits per heavy atom. The number of hydrogen-bond acceptors (Lipinski definition) is 8. The molecule has 202 valence electrons. The van der Waals surface area contributed by atoms with Gasteiger partial charge in [-0.1, -0.05) is 35.1 Å². The first kappa shape index (κ1) is 27.9. The average molecular weight is 587 g/mol. The number of nitrogens with zero attached hydrogens (tertiary/aromatic N) is 1. The second kappa shape index (κ2) is 11.7. The van der Waals surface area contributed by atoms with E-state index in [0.29, 0.717) is 32.1 Å². The van der Waals surface area contributed by atoms with Crippen LogP contribution in [0.15, 0.2) is 47.4 Å². The molecule has 2 heterocycles. The number of aromatic nitrogens is 1. The number of benzene rings is 2. The third-order valence-electron chi connectivity index (χ3n) is 5.69. The highest BCUT2D eigenvalue weighted by atomic mass is 35.5. The molecule has 1 unspecified atom stereocenters. The number of carbonyl (C=O) groups is 2. The number of hydrogen-bond donors (Lipinski definition) is 2. The predicted octanol–water partition coefficient (Wildman–Crippen LogP) is 4.41. The molecule has 0 aliphatic carbocycles. The second-order valence-electron chi connectivity index (χ2n) is 8.30. The summed E-state index contributed by atoms with van der Waals surface area (Å²) in [5.74, 6) is -4.32. The smallest absolute Gasteiger partial charge is 0.309 e. The molecule has 14 heteroatoms. The van der Waals surface area contributed by atoms with Crippen LogP contribution in [0, 0.1) is 11.6 Å². The maximum atomic E-state index is 14.4. The van der Waals surface area contributed by atoms with Crippen molar-refractivity contribution in [1.29, 1.82) is 0 Å². The highest BCUT2D eigenvalue weighted by molar-refractivity contribution is 7.92. The molecule has 2 aromatic carbocycles. The van der Waals surface area contributed by atoms with Gasteiger partial charge in [-0.15, -0.1) is 0 Å².